The van der Waals surface area contributed by atoms with E-state index in [0.29, 0.717) is 57.1 Å². The molecule has 1 N–H and O–H groups in total. The first-order chi connectivity index (χ1) is 16.6. The molecule has 3 saturated heterocycles. The molecule has 3 aliphatic rings. The van der Waals surface area contributed by atoms with Crippen LogP contribution in [0.25, 0.3) is 0 Å². The molecule has 0 aliphatic carbocycles. The first-order valence-electron chi connectivity index (χ1n) is 12.0. The summed E-state index contributed by atoms with van der Waals surface area (Å²) in [5.41, 5.74) is 0.215. The van der Waals surface area contributed by atoms with E-state index in [1.165, 1.54) is 15.9 Å². The van der Waals surface area contributed by atoms with Gasteiger partial charge in [0, 0.05) is 19.6 Å². The Labute approximate surface area is 204 Å². The number of cyclic esters (lactones) is 1. The number of nitrogens with one attached hydrogen (secondary N) is 1. The van der Waals surface area contributed by atoms with Crippen molar-refractivity contribution in [1.29, 1.82) is 0 Å². The number of amides is 3. The molecule has 3 amide bonds. The first-order valence-corrected chi connectivity index (χ1v) is 12.0. The van der Waals surface area contributed by atoms with Crippen molar-refractivity contribution in [1.82, 2.24) is 10.2 Å². The highest BCUT2D eigenvalue weighted by Gasteiger charge is 2.38. The van der Waals surface area contributed by atoms with Gasteiger partial charge in [-0.05, 0) is 51.8 Å². The van der Waals surface area contributed by atoms with Crippen molar-refractivity contribution in [3.05, 3.63) is 24.0 Å². The van der Waals surface area contributed by atoms with Crippen molar-refractivity contribution < 1.29 is 33.0 Å². The molecule has 0 spiro atoms. The van der Waals surface area contributed by atoms with E-state index in [2.05, 4.69) is 5.32 Å². The Balaban J connectivity index is 1.32. The second kappa shape index (κ2) is 10.3. The van der Waals surface area contributed by atoms with Gasteiger partial charge in [-0.2, -0.15) is 0 Å². The molecule has 3 fully saturated rings. The van der Waals surface area contributed by atoms with E-state index in [4.69, 9.17) is 14.2 Å². The second-order valence-corrected chi connectivity index (χ2v) is 9.93. The summed E-state index contributed by atoms with van der Waals surface area (Å²) in [6.07, 6.45) is -0.466. The number of halogens is 1. The predicted molar refractivity (Wildman–Crippen MR) is 126 cm³/mol. The lowest BCUT2D eigenvalue weighted by Crippen LogP contribution is -2.49. The standard InChI is InChI=1S/C24H33FN4O6/c1-24(2,3)35-23(32)28-8-4-5-20(28)21(30)26-14-17-15-29(22(31)34-17)16-6-7-19(18(25)13-16)27-9-11-33-12-10-27/h6-7,13,17,20H,4-5,8-12,14-15H2,1-3H3,(H,26,30)/t17-,20?/m0/s1. The van der Waals surface area contributed by atoms with Crippen LogP contribution in [0.5, 0.6) is 0 Å². The van der Waals surface area contributed by atoms with Gasteiger partial charge in [-0.25, -0.2) is 14.0 Å². The van der Waals surface area contributed by atoms with E-state index in [0.717, 1.165) is 0 Å². The van der Waals surface area contributed by atoms with E-state index in [-0.39, 0.29) is 19.0 Å². The van der Waals surface area contributed by atoms with Crippen molar-refractivity contribution in [2.75, 3.05) is 55.7 Å². The van der Waals surface area contributed by atoms with E-state index in [9.17, 15) is 18.8 Å². The molecule has 0 radical (unpaired) electrons. The number of morpholine rings is 1. The molecule has 0 saturated carbocycles. The van der Waals surface area contributed by atoms with Crippen LogP contribution in [0, 0.1) is 5.82 Å². The second-order valence-electron chi connectivity index (χ2n) is 9.93. The number of nitrogens with zero attached hydrogens (tertiary/aromatic N) is 3. The number of carbonyl (C=O) groups is 3. The minimum atomic E-state index is -0.651. The summed E-state index contributed by atoms with van der Waals surface area (Å²) in [6, 6.07) is 4.04. The lowest BCUT2D eigenvalue weighted by molar-refractivity contribution is -0.125. The van der Waals surface area contributed by atoms with Crippen LogP contribution in [-0.2, 0) is 19.0 Å². The molecule has 0 aromatic heterocycles. The molecule has 10 nitrogen and oxygen atoms in total. The summed E-state index contributed by atoms with van der Waals surface area (Å²) in [6.45, 7) is 8.35. The highest BCUT2D eigenvalue weighted by atomic mass is 19.1. The van der Waals surface area contributed by atoms with Gasteiger partial charge in [-0.3, -0.25) is 14.6 Å². The van der Waals surface area contributed by atoms with Gasteiger partial charge < -0.3 is 24.4 Å². The normalized spacial score (nSPS) is 22.9. The van der Waals surface area contributed by atoms with Crippen molar-refractivity contribution in [2.45, 2.75) is 51.4 Å². The molecule has 35 heavy (non-hydrogen) atoms. The van der Waals surface area contributed by atoms with Crippen LogP contribution in [-0.4, -0.2) is 86.7 Å². The summed E-state index contributed by atoms with van der Waals surface area (Å²) in [4.78, 5) is 42.3. The SMILES string of the molecule is CC(C)(C)OC(=O)N1CCCC1C(=O)NC[C@H]1CN(c2ccc(N3CCOCC3)c(F)c2)C(=O)O1. The summed E-state index contributed by atoms with van der Waals surface area (Å²) in [7, 11) is 0. The molecule has 3 aliphatic heterocycles. The average Bonchev–Trinajstić information content (AvgIpc) is 3.44. The van der Waals surface area contributed by atoms with Gasteiger partial charge >= 0.3 is 12.2 Å². The Kier molecular flexibility index (Phi) is 7.34. The van der Waals surface area contributed by atoms with E-state index < -0.39 is 35.8 Å². The quantitative estimate of drug-likeness (QED) is 0.674. The fraction of sp³-hybridized carbons (Fsp3) is 0.625. The van der Waals surface area contributed by atoms with Crippen molar-refractivity contribution in [3.63, 3.8) is 0 Å². The van der Waals surface area contributed by atoms with Crippen LogP contribution in [0.15, 0.2) is 18.2 Å². The summed E-state index contributed by atoms with van der Waals surface area (Å²) in [5, 5.41) is 2.79. The molecule has 1 unspecified atom stereocenters. The van der Waals surface area contributed by atoms with Crippen LogP contribution in [0.1, 0.15) is 33.6 Å². The Bertz CT molecular complexity index is 962. The van der Waals surface area contributed by atoms with E-state index >= 15 is 0 Å². The van der Waals surface area contributed by atoms with E-state index in [1.54, 1.807) is 32.9 Å². The zero-order chi connectivity index (χ0) is 25.2. The molecule has 0 bridgehead atoms. The minimum Gasteiger partial charge on any atom is -0.444 e. The smallest absolute Gasteiger partial charge is 0.414 e. The topological polar surface area (TPSA) is 101 Å². The van der Waals surface area contributed by atoms with Crippen molar-refractivity contribution in [3.8, 4) is 0 Å². The lowest BCUT2D eigenvalue weighted by atomic mass is 10.2. The van der Waals surface area contributed by atoms with Crippen LogP contribution in [0.3, 0.4) is 0 Å². The van der Waals surface area contributed by atoms with E-state index in [1.807, 2.05) is 4.90 Å². The zero-order valence-electron chi connectivity index (χ0n) is 20.4. The third kappa shape index (κ3) is 5.95. The van der Waals surface area contributed by atoms with Crippen LogP contribution >= 0.6 is 0 Å². The maximum atomic E-state index is 14.8. The van der Waals surface area contributed by atoms with Gasteiger partial charge in [-0.1, -0.05) is 0 Å². The number of hydrogen-bond donors (Lipinski definition) is 1. The molecule has 4 rings (SSSR count). The van der Waals surface area contributed by atoms with Gasteiger partial charge in [0.1, 0.15) is 23.6 Å². The Morgan fingerprint density at radius 2 is 1.94 bits per heavy atom. The monoisotopic (exact) mass is 492 g/mol. The van der Waals surface area contributed by atoms with Crippen LogP contribution in [0.4, 0.5) is 25.4 Å². The van der Waals surface area contributed by atoms with Gasteiger partial charge in [0.05, 0.1) is 37.7 Å². The number of likely N-dealkylation sites (tertiary alicyclic amines) is 1. The number of rotatable bonds is 5. The van der Waals surface area contributed by atoms with Crippen LogP contribution in [0.2, 0.25) is 0 Å². The van der Waals surface area contributed by atoms with Gasteiger partial charge in [0.15, 0.2) is 0 Å². The molecule has 1 aromatic rings. The Morgan fingerprint density at radius 1 is 1.20 bits per heavy atom. The molecule has 11 heteroatoms. The first kappa shape index (κ1) is 25.0. The minimum absolute atomic E-state index is 0.0913. The largest absolute Gasteiger partial charge is 0.444 e. The molecule has 3 heterocycles. The lowest BCUT2D eigenvalue weighted by Gasteiger charge is -2.29. The summed E-state index contributed by atoms with van der Waals surface area (Å²) < 4.78 is 30.9. The molecule has 1 aromatic carbocycles. The summed E-state index contributed by atoms with van der Waals surface area (Å²) in [5.74, 6) is -0.735. The summed E-state index contributed by atoms with van der Waals surface area (Å²) >= 11 is 0. The molecule has 2 atom stereocenters. The van der Waals surface area contributed by atoms with Gasteiger partial charge in [0.2, 0.25) is 5.91 Å². The third-order valence-corrected chi connectivity index (χ3v) is 6.16. The van der Waals surface area contributed by atoms with Gasteiger partial charge in [-0.15, -0.1) is 0 Å². The zero-order valence-corrected chi connectivity index (χ0v) is 20.4. The molecular weight excluding hydrogens is 459 g/mol. The maximum absolute atomic E-state index is 14.8. The number of carbonyl (C=O) groups excluding carboxylic acids is 3. The number of ether oxygens (including phenoxy) is 3. The molecular formula is C24H33FN4O6. The Morgan fingerprint density at radius 3 is 2.63 bits per heavy atom. The third-order valence-electron chi connectivity index (χ3n) is 6.16. The molecule has 192 valence electrons. The van der Waals surface area contributed by atoms with Crippen molar-refractivity contribution >= 4 is 29.5 Å². The number of benzene rings is 1. The highest BCUT2D eigenvalue weighted by molar-refractivity contribution is 5.90. The predicted octanol–water partition coefficient (Wildman–Crippen LogP) is 2.50. The number of hydrogen-bond acceptors (Lipinski definition) is 7. The van der Waals surface area contributed by atoms with Crippen LogP contribution < -0.4 is 15.1 Å². The fourth-order valence-electron chi connectivity index (χ4n) is 4.47. The number of anilines is 2. The van der Waals surface area contributed by atoms with Gasteiger partial charge in [0.25, 0.3) is 0 Å². The fourth-order valence-corrected chi connectivity index (χ4v) is 4.47. The van der Waals surface area contributed by atoms with Crippen molar-refractivity contribution in [2.24, 2.45) is 0 Å². The average molecular weight is 493 g/mol. The highest BCUT2D eigenvalue weighted by Crippen LogP contribution is 2.28. The Hall–Kier alpha value is -3.08. The maximum Gasteiger partial charge on any atom is 0.414 e.